The number of likely N-dealkylation sites (N-methyl/N-ethyl adjacent to an activating group) is 1. The third kappa shape index (κ3) is 1.39. The highest BCUT2D eigenvalue weighted by Gasteiger charge is 2.29. The lowest BCUT2D eigenvalue weighted by Gasteiger charge is -2.10. The van der Waals surface area contributed by atoms with Crippen LogP contribution < -0.4 is 5.32 Å². The molecule has 0 aromatic rings. The van der Waals surface area contributed by atoms with Crippen LogP contribution in [0.2, 0.25) is 0 Å². The van der Waals surface area contributed by atoms with Crippen molar-refractivity contribution in [2.75, 3.05) is 21.1 Å². The molecule has 1 heterocycles. The molecule has 0 aromatic heterocycles. The number of hydrogen-bond acceptors (Lipinski definition) is 3. The van der Waals surface area contributed by atoms with Gasteiger partial charge in [0.05, 0.1) is 0 Å². The first-order valence-corrected chi connectivity index (χ1v) is 3.49. The number of carbonyl (C=O) groups is 2. The Morgan fingerprint density at radius 2 is 2.00 bits per heavy atom. The number of amides is 3. The van der Waals surface area contributed by atoms with Gasteiger partial charge in [0.25, 0.3) is 5.91 Å². The number of nitrogens with one attached hydrogen (secondary N) is 1. The molecule has 1 saturated heterocycles. The van der Waals surface area contributed by atoms with Crippen LogP contribution in [-0.2, 0) is 4.79 Å². The zero-order valence-corrected chi connectivity index (χ0v) is 7.29. The summed E-state index contributed by atoms with van der Waals surface area (Å²) in [5.74, 6) is -0.351. The lowest BCUT2D eigenvalue weighted by Crippen LogP contribution is -2.24. The van der Waals surface area contributed by atoms with E-state index >= 15 is 0 Å². The zero-order valence-electron chi connectivity index (χ0n) is 7.29. The van der Waals surface area contributed by atoms with Crippen LogP contribution in [0, 0.1) is 0 Å². The SMILES string of the molecule is CN(C)/C=C1/C(=O)NC(=O)N1C. The van der Waals surface area contributed by atoms with Crippen molar-refractivity contribution < 1.29 is 9.59 Å². The molecular formula is C7H11N3O2. The molecule has 1 aliphatic heterocycles. The van der Waals surface area contributed by atoms with E-state index in [9.17, 15) is 9.59 Å². The monoisotopic (exact) mass is 169 g/mol. The molecule has 5 heteroatoms. The van der Waals surface area contributed by atoms with Crippen molar-refractivity contribution in [3.8, 4) is 0 Å². The summed E-state index contributed by atoms with van der Waals surface area (Å²) in [6.07, 6.45) is 1.60. The lowest BCUT2D eigenvalue weighted by molar-refractivity contribution is -0.116. The Kier molecular flexibility index (Phi) is 2.03. The highest BCUT2D eigenvalue weighted by molar-refractivity contribution is 6.11. The number of carbonyl (C=O) groups excluding carboxylic acids is 2. The normalized spacial score (nSPS) is 20.2. The Morgan fingerprint density at radius 1 is 1.42 bits per heavy atom. The molecule has 1 fully saturated rings. The summed E-state index contributed by atoms with van der Waals surface area (Å²) in [4.78, 5) is 25.0. The predicted molar refractivity (Wildman–Crippen MR) is 43.1 cm³/mol. The van der Waals surface area contributed by atoms with Crippen LogP contribution in [0.5, 0.6) is 0 Å². The molecule has 0 atom stereocenters. The second-order valence-electron chi connectivity index (χ2n) is 2.80. The molecule has 1 rings (SSSR count). The summed E-state index contributed by atoms with van der Waals surface area (Å²) in [7, 11) is 5.13. The topological polar surface area (TPSA) is 52.7 Å². The molecule has 1 N–H and O–H groups in total. The first-order valence-electron chi connectivity index (χ1n) is 3.49. The van der Waals surface area contributed by atoms with Gasteiger partial charge in [0.2, 0.25) is 0 Å². The zero-order chi connectivity index (χ0) is 9.30. The molecule has 0 aromatic carbocycles. The summed E-state index contributed by atoms with van der Waals surface area (Å²) in [5.41, 5.74) is 0.366. The van der Waals surface area contributed by atoms with Gasteiger partial charge in [-0.15, -0.1) is 0 Å². The molecule has 12 heavy (non-hydrogen) atoms. The highest BCUT2D eigenvalue weighted by Crippen LogP contribution is 2.09. The van der Waals surface area contributed by atoms with Crippen LogP contribution in [0.15, 0.2) is 11.9 Å². The van der Waals surface area contributed by atoms with E-state index in [2.05, 4.69) is 5.32 Å². The maximum absolute atomic E-state index is 11.1. The summed E-state index contributed by atoms with van der Waals surface area (Å²) >= 11 is 0. The Bertz CT molecular complexity index is 257. The minimum Gasteiger partial charge on any atom is -0.382 e. The van der Waals surface area contributed by atoms with Gasteiger partial charge in [-0.05, 0) is 0 Å². The van der Waals surface area contributed by atoms with Crippen molar-refractivity contribution in [2.24, 2.45) is 0 Å². The molecular weight excluding hydrogens is 158 g/mol. The minimum absolute atomic E-state index is 0.351. The van der Waals surface area contributed by atoms with Gasteiger partial charge < -0.3 is 4.90 Å². The molecule has 0 bridgehead atoms. The average molecular weight is 169 g/mol. The van der Waals surface area contributed by atoms with Crippen molar-refractivity contribution in [1.29, 1.82) is 0 Å². The number of nitrogens with zero attached hydrogens (tertiary/aromatic N) is 2. The molecule has 0 unspecified atom stereocenters. The summed E-state index contributed by atoms with van der Waals surface area (Å²) < 4.78 is 0. The predicted octanol–water partition coefficient (Wildman–Crippen LogP) is -0.429. The molecule has 0 spiro atoms. The van der Waals surface area contributed by atoms with Gasteiger partial charge in [0.15, 0.2) is 0 Å². The maximum atomic E-state index is 11.1. The van der Waals surface area contributed by atoms with Gasteiger partial charge in [-0.25, -0.2) is 4.79 Å². The van der Waals surface area contributed by atoms with Crippen LogP contribution in [0.4, 0.5) is 4.79 Å². The fraction of sp³-hybridized carbons (Fsp3) is 0.429. The van der Waals surface area contributed by atoms with Crippen LogP contribution >= 0.6 is 0 Å². The average Bonchev–Trinajstić information content (AvgIpc) is 2.16. The van der Waals surface area contributed by atoms with E-state index in [1.165, 1.54) is 4.90 Å². The van der Waals surface area contributed by atoms with Gasteiger partial charge >= 0.3 is 6.03 Å². The molecule has 66 valence electrons. The van der Waals surface area contributed by atoms with Crippen molar-refractivity contribution >= 4 is 11.9 Å². The second kappa shape index (κ2) is 2.84. The van der Waals surface area contributed by atoms with E-state index in [1.54, 1.807) is 32.2 Å². The van der Waals surface area contributed by atoms with Crippen molar-refractivity contribution in [1.82, 2.24) is 15.1 Å². The smallest absolute Gasteiger partial charge is 0.328 e. The van der Waals surface area contributed by atoms with E-state index in [4.69, 9.17) is 0 Å². The number of rotatable bonds is 1. The lowest BCUT2D eigenvalue weighted by atomic mass is 10.4. The Labute approximate surface area is 70.6 Å². The molecule has 3 amide bonds. The number of imide groups is 1. The third-order valence-corrected chi connectivity index (χ3v) is 1.50. The van der Waals surface area contributed by atoms with Crippen LogP contribution in [-0.4, -0.2) is 42.9 Å². The fourth-order valence-electron chi connectivity index (χ4n) is 0.897. The van der Waals surface area contributed by atoms with E-state index in [0.29, 0.717) is 5.70 Å². The quantitative estimate of drug-likeness (QED) is 0.428. The molecule has 5 nitrogen and oxygen atoms in total. The third-order valence-electron chi connectivity index (χ3n) is 1.50. The van der Waals surface area contributed by atoms with Crippen molar-refractivity contribution in [2.45, 2.75) is 0 Å². The Morgan fingerprint density at radius 3 is 2.33 bits per heavy atom. The Hall–Kier alpha value is -1.52. The van der Waals surface area contributed by atoms with Crippen LogP contribution in [0.3, 0.4) is 0 Å². The second-order valence-corrected chi connectivity index (χ2v) is 2.80. The highest BCUT2D eigenvalue weighted by atomic mass is 16.2. The maximum Gasteiger partial charge on any atom is 0.328 e. The Balaban J connectivity index is 2.90. The van der Waals surface area contributed by atoms with Crippen LogP contribution in [0.25, 0.3) is 0 Å². The van der Waals surface area contributed by atoms with Crippen molar-refractivity contribution in [3.63, 3.8) is 0 Å². The van der Waals surface area contributed by atoms with Crippen molar-refractivity contribution in [3.05, 3.63) is 11.9 Å². The van der Waals surface area contributed by atoms with Gasteiger partial charge in [0.1, 0.15) is 5.70 Å². The van der Waals surface area contributed by atoms with E-state index in [-0.39, 0.29) is 11.9 Å². The molecule has 0 radical (unpaired) electrons. The summed E-state index contributed by atoms with van der Waals surface area (Å²) in [6, 6.07) is -0.381. The van der Waals surface area contributed by atoms with E-state index < -0.39 is 0 Å². The fourth-order valence-corrected chi connectivity index (χ4v) is 0.897. The number of urea groups is 1. The molecule has 1 aliphatic rings. The molecule has 0 aliphatic carbocycles. The van der Waals surface area contributed by atoms with Gasteiger partial charge in [-0.3, -0.25) is 15.0 Å². The minimum atomic E-state index is -0.381. The van der Waals surface area contributed by atoms with E-state index in [1.807, 2.05) is 0 Å². The van der Waals surface area contributed by atoms with Gasteiger partial charge in [-0.1, -0.05) is 0 Å². The van der Waals surface area contributed by atoms with Gasteiger partial charge in [0, 0.05) is 27.3 Å². The first-order chi connectivity index (χ1) is 5.52. The first kappa shape index (κ1) is 8.58. The molecule has 0 saturated carbocycles. The van der Waals surface area contributed by atoms with E-state index in [0.717, 1.165) is 0 Å². The number of hydrogen-bond donors (Lipinski definition) is 1. The standard InChI is InChI=1S/C7H11N3O2/c1-9(2)4-5-6(11)8-7(12)10(5)3/h4H,1-3H3,(H,8,11,12)/b5-4-. The largest absolute Gasteiger partial charge is 0.382 e. The van der Waals surface area contributed by atoms with Crippen LogP contribution in [0.1, 0.15) is 0 Å². The summed E-state index contributed by atoms with van der Waals surface area (Å²) in [6.45, 7) is 0. The summed E-state index contributed by atoms with van der Waals surface area (Å²) in [5, 5.41) is 2.18. The van der Waals surface area contributed by atoms with Gasteiger partial charge in [-0.2, -0.15) is 0 Å².